The summed E-state index contributed by atoms with van der Waals surface area (Å²) in [5.74, 6) is 0.533. The van der Waals surface area contributed by atoms with Crippen LogP contribution in [0.5, 0.6) is 17.2 Å². The zero-order valence-electron chi connectivity index (χ0n) is 16.8. The van der Waals surface area contributed by atoms with Gasteiger partial charge in [-0.2, -0.15) is 0 Å². The Morgan fingerprint density at radius 3 is 2.27 bits per heavy atom. The molecule has 0 amide bonds. The molecule has 0 unspecified atom stereocenters. The van der Waals surface area contributed by atoms with E-state index < -0.39 is 5.97 Å². The quantitative estimate of drug-likeness (QED) is 0.389. The summed E-state index contributed by atoms with van der Waals surface area (Å²) in [7, 11) is 3.00. The van der Waals surface area contributed by atoms with Crippen molar-refractivity contribution < 1.29 is 28.5 Å². The fourth-order valence-electron chi connectivity index (χ4n) is 2.76. The predicted octanol–water partition coefficient (Wildman–Crippen LogP) is 4.32. The summed E-state index contributed by atoms with van der Waals surface area (Å²) in [6.07, 6.45) is 0. The lowest BCUT2D eigenvalue weighted by atomic mass is 10.1. The highest BCUT2D eigenvalue weighted by Gasteiger charge is 2.15. The van der Waals surface area contributed by atoms with E-state index in [1.54, 1.807) is 42.5 Å². The molecule has 30 heavy (non-hydrogen) atoms. The van der Waals surface area contributed by atoms with Crippen molar-refractivity contribution in [1.82, 2.24) is 0 Å². The van der Waals surface area contributed by atoms with Gasteiger partial charge in [0.05, 0.1) is 19.8 Å². The monoisotopic (exact) mass is 406 g/mol. The molecule has 6 nitrogen and oxygen atoms in total. The number of ether oxygens (including phenoxy) is 4. The fourth-order valence-corrected chi connectivity index (χ4v) is 2.76. The molecule has 0 heterocycles. The Hall–Kier alpha value is -3.80. The van der Waals surface area contributed by atoms with Gasteiger partial charge in [0, 0.05) is 5.56 Å². The second-order valence-electron chi connectivity index (χ2n) is 6.37. The Labute approximate surface area is 175 Å². The first-order valence-electron chi connectivity index (χ1n) is 9.30. The summed E-state index contributed by atoms with van der Waals surface area (Å²) in [5, 5.41) is 0. The van der Waals surface area contributed by atoms with E-state index in [0.29, 0.717) is 35.0 Å². The van der Waals surface area contributed by atoms with Gasteiger partial charge in [0.15, 0.2) is 23.9 Å². The number of hydrogen-bond acceptors (Lipinski definition) is 6. The van der Waals surface area contributed by atoms with Crippen LogP contribution in [0.2, 0.25) is 0 Å². The molecule has 3 aromatic carbocycles. The number of Topliss-reactive ketones (excluding diaryl/α,β-unsaturated/α-hetero) is 1. The third kappa shape index (κ3) is 5.38. The molecular weight excluding hydrogens is 384 g/mol. The zero-order chi connectivity index (χ0) is 21.3. The number of ketones is 1. The number of rotatable bonds is 9. The number of methoxy groups -OCH3 is 2. The molecule has 0 N–H and O–H groups in total. The Bertz CT molecular complexity index is 1010. The van der Waals surface area contributed by atoms with Crippen LogP contribution in [-0.2, 0) is 11.3 Å². The van der Waals surface area contributed by atoms with E-state index in [0.717, 1.165) is 5.56 Å². The molecule has 0 aliphatic carbocycles. The molecule has 0 aromatic heterocycles. The minimum Gasteiger partial charge on any atom is -0.493 e. The average molecular weight is 406 g/mol. The van der Waals surface area contributed by atoms with Crippen molar-refractivity contribution in [2.45, 2.75) is 6.61 Å². The number of carbonyl (C=O) groups is 2. The summed E-state index contributed by atoms with van der Waals surface area (Å²) < 4.78 is 21.2. The standard InChI is InChI=1S/C24H22O6/c1-27-22-12-11-18(14-23(22)28-2)21(25)16-30-24(26)19-9-6-10-20(13-19)29-15-17-7-4-3-5-8-17/h3-14H,15-16H2,1-2H3. The molecular formula is C24H22O6. The van der Waals surface area contributed by atoms with Crippen LogP contribution in [-0.4, -0.2) is 32.6 Å². The second kappa shape index (κ2) is 10.1. The number of carbonyl (C=O) groups excluding carboxylic acids is 2. The molecule has 154 valence electrons. The van der Waals surface area contributed by atoms with Crippen molar-refractivity contribution in [3.8, 4) is 17.2 Å². The summed E-state index contributed by atoms with van der Waals surface area (Å²) >= 11 is 0. The van der Waals surface area contributed by atoms with Gasteiger partial charge in [-0.1, -0.05) is 36.4 Å². The van der Waals surface area contributed by atoms with Crippen LogP contribution in [0.3, 0.4) is 0 Å². The van der Waals surface area contributed by atoms with Crippen LogP contribution in [0.4, 0.5) is 0 Å². The molecule has 0 radical (unpaired) electrons. The normalized spacial score (nSPS) is 10.2. The maximum Gasteiger partial charge on any atom is 0.338 e. The number of hydrogen-bond donors (Lipinski definition) is 0. The van der Waals surface area contributed by atoms with Gasteiger partial charge in [-0.15, -0.1) is 0 Å². The SMILES string of the molecule is COc1ccc(C(=O)COC(=O)c2cccc(OCc3ccccc3)c2)cc1OC. The average Bonchev–Trinajstić information content (AvgIpc) is 2.81. The highest BCUT2D eigenvalue weighted by Crippen LogP contribution is 2.27. The molecule has 0 bridgehead atoms. The van der Waals surface area contributed by atoms with Crippen LogP contribution < -0.4 is 14.2 Å². The maximum atomic E-state index is 12.4. The van der Waals surface area contributed by atoms with E-state index in [2.05, 4.69) is 0 Å². The molecule has 6 heteroatoms. The van der Waals surface area contributed by atoms with Crippen molar-refractivity contribution in [1.29, 1.82) is 0 Å². The molecule has 0 fully saturated rings. The van der Waals surface area contributed by atoms with E-state index in [4.69, 9.17) is 18.9 Å². The highest BCUT2D eigenvalue weighted by atomic mass is 16.5. The molecule has 0 atom stereocenters. The molecule has 3 rings (SSSR count). The van der Waals surface area contributed by atoms with Crippen molar-refractivity contribution in [2.24, 2.45) is 0 Å². The predicted molar refractivity (Wildman–Crippen MR) is 111 cm³/mol. The highest BCUT2D eigenvalue weighted by molar-refractivity contribution is 5.99. The summed E-state index contributed by atoms with van der Waals surface area (Å²) in [6.45, 7) is 0.000542. The number of benzene rings is 3. The molecule has 0 aliphatic heterocycles. The largest absolute Gasteiger partial charge is 0.493 e. The third-order valence-corrected chi connectivity index (χ3v) is 4.36. The van der Waals surface area contributed by atoms with Crippen LogP contribution >= 0.6 is 0 Å². The van der Waals surface area contributed by atoms with Crippen molar-refractivity contribution >= 4 is 11.8 Å². The van der Waals surface area contributed by atoms with Crippen LogP contribution in [0.15, 0.2) is 72.8 Å². The minimum atomic E-state index is -0.603. The van der Waals surface area contributed by atoms with Crippen molar-refractivity contribution in [3.05, 3.63) is 89.5 Å². The Morgan fingerprint density at radius 1 is 0.767 bits per heavy atom. The minimum absolute atomic E-state index is 0.306. The lowest BCUT2D eigenvalue weighted by molar-refractivity contribution is 0.0474. The smallest absolute Gasteiger partial charge is 0.338 e. The molecule has 3 aromatic rings. The first-order valence-corrected chi connectivity index (χ1v) is 9.30. The fraction of sp³-hybridized carbons (Fsp3) is 0.167. The van der Waals surface area contributed by atoms with Gasteiger partial charge in [-0.3, -0.25) is 4.79 Å². The van der Waals surface area contributed by atoms with Crippen molar-refractivity contribution in [2.75, 3.05) is 20.8 Å². The van der Waals surface area contributed by atoms with E-state index in [1.165, 1.54) is 14.2 Å². The zero-order valence-corrected chi connectivity index (χ0v) is 16.8. The van der Waals surface area contributed by atoms with E-state index in [9.17, 15) is 9.59 Å². The van der Waals surface area contributed by atoms with Gasteiger partial charge in [-0.05, 0) is 42.0 Å². The lowest BCUT2D eigenvalue weighted by Crippen LogP contribution is -2.14. The van der Waals surface area contributed by atoms with Gasteiger partial charge in [0.2, 0.25) is 0 Å². The topological polar surface area (TPSA) is 71.1 Å². The van der Waals surface area contributed by atoms with Crippen molar-refractivity contribution in [3.63, 3.8) is 0 Å². The molecule has 0 saturated heterocycles. The van der Waals surface area contributed by atoms with Crippen LogP contribution in [0.1, 0.15) is 26.3 Å². The summed E-state index contributed by atoms with van der Waals surface area (Å²) in [6, 6.07) is 21.1. The second-order valence-corrected chi connectivity index (χ2v) is 6.37. The first kappa shape index (κ1) is 20.9. The molecule has 0 saturated carbocycles. The lowest BCUT2D eigenvalue weighted by Gasteiger charge is -2.10. The third-order valence-electron chi connectivity index (χ3n) is 4.36. The number of esters is 1. The van der Waals surface area contributed by atoms with Gasteiger partial charge < -0.3 is 18.9 Å². The van der Waals surface area contributed by atoms with E-state index in [-0.39, 0.29) is 12.4 Å². The van der Waals surface area contributed by atoms with Gasteiger partial charge in [0.25, 0.3) is 0 Å². The summed E-state index contributed by atoms with van der Waals surface area (Å²) in [4.78, 5) is 24.7. The van der Waals surface area contributed by atoms with Gasteiger partial charge in [0.1, 0.15) is 12.4 Å². The van der Waals surface area contributed by atoms with E-state index in [1.807, 2.05) is 30.3 Å². The Morgan fingerprint density at radius 2 is 1.53 bits per heavy atom. The molecule has 0 aliphatic rings. The summed E-state index contributed by atoms with van der Waals surface area (Å²) in [5.41, 5.74) is 1.69. The molecule has 0 spiro atoms. The van der Waals surface area contributed by atoms with Gasteiger partial charge >= 0.3 is 5.97 Å². The maximum absolute atomic E-state index is 12.4. The first-order chi connectivity index (χ1) is 14.6. The van der Waals surface area contributed by atoms with Crippen LogP contribution in [0, 0.1) is 0 Å². The van der Waals surface area contributed by atoms with Gasteiger partial charge in [-0.25, -0.2) is 4.79 Å². The Balaban J connectivity index is 1.59. The van der Waals surface area contributed by atoms with E-state index >= 15 is 0 Å². The van der Waals surface area contributed by atoms with Crippen LogP contribution in [0.25, 0.3) is 0 Å². The Kier molecular flexibility index (Phi) is 7.05.